The summed E-state index contributed by atoms with van der Waals surface area (Å²) in [5, 5.41) is 12.4. The molecule has 0 aliphatic rings. The molecule has 22 heavy (non-hydrogen) atoms. The summed E-state index contributed by atoms with van der Waals surface area (Å²) < 4.78 is 0. The summed E-state index contributed by atoms with van der Waals surface area (Å²) in [6.45, 7) is 0. The van der Waals surface area contributed by atoms with E-state index >= 15 is 0 Å². The molecule has 0 bridgehead atoms. The first-order chi connectivity index (χ1) is 10.7. The Hall–Kier alpha value is -2.03. The Labute approximate surface area is 138 Å². The zero-order valence-electron chi connectivity index (χ0n) is 11.7. The van der Waals surface area contributed by atoms with E-state index in [1.165, 1.54) is 11.8 Å². The number of benzene rings is 1. The first-order valence-electron chi connectivity index (χ1n) is 6.60. The number of carbonyl (C=O) groups excluding carboxylic acids is 1. The molecule has 1 aromatic carbocycles. The van der Waals surface area contributed by atoms with Crippen LogP contribution < -0.4 is 5.32 Å². The highest BCUT2D eigenvalue weighted by molar-refractivity contribution is 7.99. The van der Waals surface area contributed by atoms with Gasteiger partial charge >= 0.3 is 0 Å². The number of carbonyl (C=O) groups is 1. The third-order valence-corrected chi connectivity index (χ3v) is 4.11. The van der Waals surface area contributed by atoms with E-state index in [0.717, 1.165) is 11.3 Å². The maximum atomic E-state index is 11.9. The predicted molar refractivity (Wildman–Crippen MR) is 88.3 cm³/mol. The average molecular weight is 332 g/mol. The molecule has 1 atom stereocenters. The molecule has 0 aliphatic carbocycles. The highest BCUT2D eigenvalue weighted by Gasteiger charge is 2.14. The van der Waals surface area contributed by atoms with Gasteiger partial charge in [-0.1, -0.05) is 23.7 Å². The second-order valence-electron chi connectivity index (χ2n) is 4.53. The molecule has 6 heteroatoms. The Morgan fingerprint density at radius 2 is 2.14 bits per heavy atom. The van der Waals surface area contributed by atoms with Crippen LogP contribution in [-0.4, -0.2) is 16.6 Å². The van der Waals surface area contributed by atoms with Crippen molar-refractivity contribution in [1.82, 2.24) is 10.3 Å². The summed E-state index contributed by atoms with van der Waals surface area (Å²) >= 11 is 7.39. The van der Waals surface area contributed by atoms with E-state index in [1.54, 1.807) is 36.7 Å². The van der Waals surface area contributed by atoms with E-state index < -0.39 is 6.04 Å². The third-order valence-electron chi connectivity index (χ3n) is 2.87. The molecule has 0 aliphatic heterocycles. The van der Waals surface area contributed by atoms with Crippen LogP contribution in [-0.2, 0) is 10.5 Å². The Morgan fingerprint density at radius 3 is 2.82 bits per heavy atom. The lowest BCUT2D eigenvalue weighted by atomic mass is 10.1. The highest BCUT2D eigenvalue weighted by Crippen LogP contribution is 2.18. The molecular formula is C16H14ClN3OS. The summed E-state index contributed by atoms with van der Waals surface area (Å²) in [4.78, 5) is 15.9. The summed E-state index contributed by atoms with van der Waals surface area (Å²) in [5.41, 5.74) is 1.79. The number of nitrogens with one attached hydrogen (secondary N) is 1. The van der Waals surface area contributed by atoms with Gasteiger partial charge in [0.25, 0.3) is 0 Å². The Kier molecular flexibility index (Phi) is 6.26. The van der Waals surface area contributed by atoms with E-state index in [-0.39, 0.29) is 5.91 Å². The van der Waals surface area contributed by atoms with Crippen molar-refractivity contribution in [2.75, 3.05) is 5.75 Å². The predicted octanol–water partition coefficient (Wildman–Crippen LogP) is 3.35. The van der Waals surface area contributed by atoms with Crippen LogP contribution in [0.1, 0.15) is 17.2 Å². The van der Waals surface area contributed by atoms with Gasteiger partial charge in [0.1, 0.15) is 6.04 Å². The molecule has 0 unspecified atom stereocenters. The van der Waals surface area contributed by atoms with Crippen molar-refractivity contribution in [1.29, 1.82) is 5.26 Å². The van der Waals surface area contributed by atoms with Crippen molar-refractivity contribution in [3.8, 4) is 6.07 Å². The average Bonchev–Trinajstić information content (AvgIpc) is 2.53. The van der Waals surface area contributed by atoms with Crippen LogP contribution in [0.3, 0.4) is 0 Å². The molecule has 2 aromatic rings. The van der Waals surface area contributed by atoms with Crippen molar-refractivity contribution < 1.29 is 4.79 Å². The quantitative estimate of drug-likeness (QED) is 0.881. The SMILES string of the molecule is N#C[C@H](NC(=O)CSCc1ccncc1)c1cccc(Cl)c1. The number of rotatable bonds is 6. The molecule has 1 heterocycles. The normalized spacial score (nSPS) is 11.5. The van der Waals surface area contributed by atoms with Crippen molar-refractivity contribution in [2.24, 2.45) is 0 Å². The molecular weight excluding hydrogens is 318 g/mol. The maximum absolute atomic E-state index is 11.9. The monoisotopic (exact) mass is 331 g/mol. The zero-order valence-corrected chi connectivity index (χ0v) is 13.3. The Bertz CT molecular complexity index is 673. The lowest BCUT2D eigenvalue weighted by molar-refractivity contribution is -0.118. The van der Waals surface area contributed by atoms with E-state index in [4.69, 9.17) is 11.6 Å². The fourth-order valence-electron chi connectivity index (χ4n) is 1.82. The molecule has 1 aromatic heterocycles. The number of aromatic nitrogens is 1. The summed E-state index contributed by atoms with van der Waals surface area (Å²) in [6.07, 6.45) is 3.45. The molecule has 0 spiro atoms. The van der Waals surface area contributed by atoms with E-state index in [1.807, 2.05) is 12.1 Å². The van der Waals surface area contributed by atoms with Crippen molar-refractivity contribution in [3.05, 3.63) is 64.9 Å². The number of halogens is 1. The van der Waals surface area contributed by atoms with E-state index in [2.05, 4.69) is 16.4 Å². The van der Waals surface area contributed by atoms with Crippen molar-refractivity contribution in [2.45, 2.75) is 11.8 Å². The van der Waals surface area contributed by atoms with Gasteiger partial charge in [0.15, 0.2) is 0 Å². The van der Waals surface area contributed by atoms with Gasteiger partial charge in [0, 0.05) is 23.2 Å². The van der Waals surface area contributed by atoms with Gasteiger partial charge in [-0.3, -0.25) is 9.78 Å². The summed E-state index contributed by atoms with van der Waals surface area (Å²) in [6, 6.07) is 12.1. The van der Waals surface area contributed by atoms with Crippen LogP contribution in [0.25, 0.3) is 0 Å². The fourth-order valence-corrected chi connectivity index (χ4v) is 2.82. The molecule has 0 fully saturated rings. The smallest absolute Gasteiger partial charge is 0.231 e. The minimum Gasteiger partial charge on any atom is -0.336 e. The van der Waals surface area contributed by atoms with Gasteiger partial charge in [-0.15, -0.1) is 11.8 Å². The fraction of sp³-hybridized carbons (Fsp3) is 0.188. The maximum Gasteiger partial charge on any atom is 0.231 e. The second kappa shape index (κ2) is 8.42. The van der Waals surface area contributed by atoms with Crippen LogP contribution in [0.15, 0.2) is 48.8 Å². The van der Waals surface area contributed by atoms with E-state index in [0.29, 0.717) is 16.3 Å². The summed E-state index contributed by atoms with van der Waals surface area (Å²) in [5.74, 6) is 0.844. The van der Waals surface area contributed by atoms with Crippen LogP contribution in [0, 0.1) is 11.3 Å². The molecule has 1 N–H and O–H groups in total. The van der Waals surface area contributed by atoms with E-state index in [9.17, 15) is 10.1 Å². The van der Waals surface area contributed by atoms with Crippen molar-refractivity contribution in [3.63, 3.8) is 0 Å². The van der Waals surface area contributed by atoms with Crippen LogP contribution in [0.2, 0.25) is 5.02 Å². The number of pyridine rings is 1. The first-order valence-corrected chi connectivity index (χ1v) is 8.13. The number of nitriles is 1. The van der Waals surface area contributed by atoms with Crippen LogP contribution in [0.5, 0.6) is 0 Å². The van der Waals surface area contributed by atoms with Gasteiger partial charge in [-0.2, -0.15) is 5.26 Å². The highest BCUT2D eigenvalue weighted by atomic mass is 35.5. The molecule has 1 amide bonds. The van der Waals surface area contributed by atoms with Crippen LogP contribution in [0.4, 0.5) is 0 Å². The second-order valence-corrected chi connectivity index (χ2v) is 5.95. The number of amides is 1. The molecule has 0 saturated heterocycles. The number of hydrogen-bond donors (Lipinski definition) is 1. The molecule has 2 rings (SSSR count). The van der Waals surface area contributed by atoms with Gasteiger partial charge in [0.2, 0.25) is 5.91 Å². The van der Waals surface area contributed by atoms with Crippen molar-refractivity contribution >= 4 is 29.3 Å². The number of hydrogen-bond acceptors (Lipinski definition) is 4. The Balaban J connectivity index is 1.84. The molecule has 112 valence electrons. The molecule has 4 nitrogen and oxygen atoms in total. The zero-order chi connectivity index (χ0) is 15.8. The third kappa shape index (κ3) is 5.06. The van der Waals surface area contributed by atoms with Gasteiger partial charge in [-0.25, -0.2) is 0 Å². The number of nitrogens with zero attached hydrogens (tertiary/aromatic N) is 2. The first kappa shape index (κ1) is 16.3. The molecule has 0 saturated carbocycles. The van der Waals surface area contributed by atoms with Crippen LogP contribution >= 0.6 is 23.4 Å². The topological polar surface area (TPSA) is 65.8 Å². The minimum atomic E-state index is -0.687. The standard InChI is InChI=1S/C16H14ClN3OS/c17-14-3-1-2-13(8-14)15(9-18)20-16(21)11-22-10-12-4-6-19-7-5-12/h1-8,15H,10-11H2,(H,20,21)/t15-/m0/s1. The minimum absolute atomic E-state index is 0.175. The lowest BCUT2D eigenvalue weighted by Gasteiger charge is -2.12. The van der Waals surface area contributed by atoms with Gasteiger partial charge in [-0.05, 0) is 35.4 Å². The number of thioether (sulfide) groups is 1. The van der Waals surface area contributed by atoms with Gasteiger partial charge in [0.05, 0.1) is 11.8 Å². The van der Waals surface area contributed by atoms with Gasteiger partial charge < -0.3 is 5.32 Å². The largest absolute Gasteiger partial charge is 0.336 e. The summed E-state index contributed by atoms with van der Waals surface area (Å²) in [7, 11) is 0. The molecule has 0 radical (unpaired) electrons. The Morgan fingerprint density at radius 1 is 1.36 bits per heavy atom. The lowest BCUT2D eigenvalue weighted by Crippen LogP contribution is -2.29.